The molecule has 0 N–H and O–H groups in total. The lowest BCUT2D eigenvalue weighted by molar-refractivity contribution is 0.536. The summed E-state index contributed by atoms with van der Waals surface area (Å²) in [5.74, 6) is 0. The van der Waals surface area contributed by atoms with Crippen molar-refractivity contribution in [2.75, 3.05) is 0 Å². The van der Waals surface area contributed by atoms with Crippen molar-refractivity contribution in [3.63, 3.8) is 0 Å². The first-order valence-electron chi connectivity index (χ1n) is 12.6. The molecule has 0 heteroatoms. The second-order valence-electron chi connectivity index (χ2n) is 8.58. The number of hydrogen-bond acceptors (Lipinski definition) is 0. The third kappa shape index (κ3) is 14.0. The highest BCUT2D eigenvalue weighted by Crippen LogP contribution is 2.22. The molecule has 28 heavy (non-hydrogen) atoms. The van der Waals surface area contributed by atoms with Crippen molar-refractivity contribution in [3.8, 4) is 0 Å². The maximum Gasteiger partial charge on any atom is -0.0228 e. The maximum atomic E-state index is 2.52. The highest BCUT2D eigenvalue weighted by Gasteiger charge is 2.00. The lowest BCUT2D eigenvalue weighted by Gasteiger charge is -2.08. The monoisotopic (exact) mass is 384 g/mol. The first-order chi connectivity index (χ1) is 13.9. The van der Waals surface area contributed by atoms with Gasteiger partial charge in [-0.15, -0.1) is 0 Å². The fourth-order valence-corrected chi connectivity index (χ4v) is 4.00. The first-order valence-corrected chi connectivity index (χ1v) is 12.6. The predicted molar refractivity (Wildman–Crippen MR) is 129 cm³/mol. The molecule has 0 aliphatic heterocycles. The van der Waals surface area contributed by atoms with Gasteiger partial charge in [0.25, 0.3) is 0 Å². The fourth-order valence-electron chi connectivity index (χ4n) is 4.00. The zero-order chi connectivity index (χ0) is 20.1. The summed E-state index contributed by atoms with van der Waals surface area (Å²) in [5, 5.41) is 0. The number of hydrogen-bond donors (Lipinski definition) is 0. The van der Waals surface area contributed by atoms with E-state index in [1.807, 2.05) is 0 Å². The summed E-state index contributed by atoms with van der Waals surface area (Å²) in [6.07, 6.45) is 27.8. The van der Waals surface area contributed by atoms with Crippen LogP contribution in [0.25, 0.3) is 5.57 Å². The third-order valence-corrected chi connectivity index (χ3v) is 5.89. The molecule has 0 nitrogen and oxygen atoms in total. The van der Waals surface area contributed by atoms with Gasteiger partial charge in [0.05, 0.1) is 0 Å². The molecule has 1 aromatic carbocycles. The van der Waals surface area contributed by atoms with Gasteiger partial charge in [-0.05, 0) is 36.8 Å². The number of benzene rings is 1. The van der Waals surface area contributed by atoms with Crippen LogP contribution < -0.4 is 0 Å². The van der Waals surface area contributed by atoms with E-state index in [1.165, 1.54) is 121 Å². The average molecular weight is 385 g/mol. The molecule has 0 unspecified atom stereocenters. The van der Waals surface area contributed by atoms with E-state index in [1.54, 1.807) is 5.57 Å². The van der Waals surface area contributed by atoms with Crippen LogP contribution in [0.2, 0.25) is 0 Å². The summed E-state index contributed by atoms with van der Waals surface area (Å²) in [5.41, 5.74) is 3.00. The minimum Gasteiger partial charge on any atom is -0.0807 e. The molecule has 0 aromatic heterocycles. The van der Waals surface area contributed by atoms with E-state index in [0.29, 0.717) is 0 Å². The van der Waals surface area contributed by atoms with Crippen molar-refractivity contribution < 1.29 is 0 Å². The van der Waals surface area contributed by atoms with Crippen LogP contribution in [0, 0.1) is 0 Å². The first kappa shape index (κ1) is 25.0. The van der Waals surface area contributed by atoms with Crippen LogP contribution in [0.4, 0.5) is 0 Å². The SMILES string of the molecule is CCCCCCCCCCCCCCCCC=C(CCCC)c1ccccc1. The molecule has 0 aliphatic carbocycles. The summed E-state index contributed by atoms with van der Waals surface area (Å²) in [4.78, 5) is 0. The number of rotatable bonds is 19. The maximum absolute atomic E-state index is 2.52. The van der Waals surface area contributed by atoms with E-state index >= 15 is 0 Å². The standard InChI is InChI=1S/C28H48/c1-3-5-7-8-9-10-11-12-13-14-15-16-17-18-20-24-27(23-6-4-2)28-25-21-19-22-26-28/h19,21-22,24-26H,3-18,20,23H2,1-2H3. The Bertz CT molecular complexity index is 456. The molecule has 1 rings (SSSR count). The molecule has 0 heterocycles. The lowest BCUT2D eigenvalue weighted by atomic mass is 9.98. The van der Waals surface area contributed by atoms with Gasteiger partial charge in [-0.25, -0.2) is 0 Å². The summed E-state index contributed by atoms with van der Waals surface area (Å²) in [7, 11) is 0. The topological polar surface area (TPSA) is 0 Å². The van der Waals surface area contributed by atoms with Gasteiger partial charge in [0.1, 0.15) is 0 Å². The van der Waals surface area contributed by atoms with Crippen molar-refractivity contribution in [3.05, 3.63) is 42.0 Å². The normalized spacial score (nSPS) is 11.9. The van der Waals surface area contributed by atoms with Crippen LogP contribution in [0.15, 0.2) is 36.4 Å². The van der Waals surface area contributed by atoms with E-state index in [-0.39, 0.29) is 0 Å². The zero-order valence-corrected chi connectivity index (χ0v) is 19.2. The van der Waals surface area contributed by atoms with Crippen molar-refractivity contribution in [2.45, 2.75) is 129 Å². The summed E-state index contributed by atoms with van der Waals surface area (Å²) in [6, 6.07) is 11.0. The smallest absolute Gasteiger partial charge is 0.0228 e. The van der Waals surface area contributed by atoms with Crippen molar-refractivity contribution in [2.24, 2.45) is 0 Å². The number of unbranched alkanes of at least 4 members (excludes halogenated alkanes) is 15. The number of allylic oxidation sites excluding steroid dienone is 2. The average Bonchev–Trinajstić information content (AvgIpc) is 2.73. The van der Waals surface area contributed by atoms with Gasteiger partial charge in [-0.1, -0.05) is 140 Å². The van der Waals surface area contributed by atoms with Gasteiger partial charge in [0.15, 0.2) is 0 Å². The third-order valence-electron chi connectivity index (χ3n) is 5.89. The summed E-state index contributed by atoms with van der Waals surface area (Å²) in [6.45, 7) is 4.59. The molecular weight excluding hydrogens is 336 g/mol. The highest BCUT2D eigenvalue weighted by atomic mass is 14.1. The van der Waals surface area contributed by atoms with E-state index in [4.69, 9.17) is 0 Å². The Kier molecular flexibility index (Phi) is 17.2. The molecule has 0 radical (unpaired) electrons. The van der Waals surface area contributed by atoms with E-state index in [9.17, 15) is 0 Å². The molecule has 0 atom stereocenters. The quantitative estimate of drug-likeness (QED) is 0.208. The Morgan fingerprint density at radius 3 is 1.54 bits per heavy atom. The molecular formula is C28H48. The van der Waals surface area contributed by atoms with Gasteiger partial charge in [-0.2, -0.15) is 0 Å². The Morgan fingerprint density at radius 2 is 1.04 bits per heavy atom. The molecule has 0 saturated heterocycles. The predicted octanol–water partition coefficient (Wildman–Crippen LogP) is 10.1. The minimum absolute atomic E-state index is 1.24. The summed E-state index contributed by atoms with van der Waals surface area (Å²) >= 11 is 0. The van der Waals surface area contributed by atoms with Crippen LogP contribution in [0.3, 0.4) is 0 Å². The Morgan fingerprint density at radius 1 is 0.571 bits per heavy atom. The second-order valence-corrected chi connectivity index (χ2v) is 8.58. The van der Waals surface area contributed by atoms with Crippen LogP contribution in [-0.2, 0) is 0 Å². The van der Waals surface area contributed by atoms with Gasteiger partial charge in [-0.3, -0.25) is 0 Å². The van der Waals surface area contributed by atoms with Gasteiger partial charge < -0.3 is 0 Å². The molecule has 0 bridgehead atoms. The molecule has 0 aliphatic rings. The summed E-state index contributed by atoms with van der Waals surface area (Å²) < 4.78 is 0. The Balaban J connectivity index is 1.99. The van der Waals surface area contributed by atoms with E-state index in [2.05, 4.69) is 50.3 Å². The van der Waals surface area contributed by atoms with Gasteiger partial charge in [0, 0.05) is 0 Å². The van der Waals surface area contributed by atoms with Gasteiger partial charge in [0.2, 0.25) is 0 Å². The molecule has 1 aromatic rings. The van der Waals surface area contributed by atoms with Crippen LogP contribution in [0.1, 0.15) is 135 Å². The largest absolute Gasteiger partial charge is 0.0807 e. The van der Waals surface area contributed by atoms with Gasteiger partial charge >= 0.3 is 0 Å². The van der Waals surface area contributed by atoms with Crippen molar-refractivity contribution in [1.29, 1.82) is 0 Å². The Hall–Kier alpha value is -1.04. The minimum atomic E-state index is 1.24. The molecule has 0 saturated carbocycles. The van der Waals surface area contributed by atoms with Crippen molar-refractivity contribution >= 4 is 5.57 Å². The molecule has 0 spiro atoms. The van der Waals surface area contributed by atoms with Crippen LogP contribution in [-0.4, -0.2) is 0 Å². The van der Waals surface area contributed by atoms with E-state index < -0.39 is 0 Å². The van der Waals surface area contributed by atoms with Crippen LogP contribution >= 0.6 is 0 Å². The highest BCUT2D eigenvalue weighted by molar-refractivity contribution is 5.65. The fraction of sp³-hybridized carbons (Fsp3) is 0.714. The van der Waals surface area contributed by atoms with Crippen molar-refractivity contribution in [1.82, 2.24) is 0 Å². The zero-order valence-electron chi connectivity index (χ0n) is 19.2. The Labute approximate surface area is 177 Å². The second kappa shape index (κ2) is 19.3. The van der Waals surface area contributed by atoms with Crippen LogP contribution in [0.5, 0.6) is 0 Å². The lowest BCUT2D eigenvalue weighted by Crippen LogP contribution is -1.86. The molecule has 160 valence electrons. The van der Waals surface area contributed by atoms with E-state index in [0.717, 1.165) is 0 Å². The molecule has 0 fully saturated rings. The molecule has 0 amide bonds.